The lowest BCUT2D eigenvalue weighted by atomic mass is 9.64. The van der Waals surface area contributed by atoms with E-state index in [2.05, 4.69) is 31.4 Å². The van der Waals surface area contributed by atoms with Crippen LogP contribution in [0.2, 0.25) is 5.02 Å². The van der Waals surface area contributed by atoms with E-state index in [1.807, 2.05) is 24.3 Å². The first-order valence-electron chi connectivity index (χ1n) is 11.8. The Kier molecular flexibility index (Phi) is 6.49. The SMILES string of the molecule is CC1CC(C)(C)CC2(C1)NC(=O)N(CC(=O)NCC1(c3ccc(Cl)cc3)CCOCC1)C2=O. The van der Waals surface area contributed by atoms with Crippen LogP contribution in [0.3, 0.4) is 0 Å². The molecule has 2 aliphatic heterocycles. The van der Waals surface area contributed by atoms with Crippen molar-refractivity contribution in [2.24, 2.45) is 11.3 Å². The van der Waals surface area contributed by atoms with Gasteiger partial charge in [0.1, 0.15) is 12.1 Å². The Balaban J connectivity index is 1.43. The second kappa shape index (κ2) is 8.91. The van der Waals surface area contributed by atoms with E-state index in [9.17, 15) is 14.4 Å². The molecule has 3 fully saturated rings. The van der Waals surface area contributed by atoms with Gasteiger partial charge in [-0.15, -0.1) is 0 Å². The summed E-state index contributed by atoms with van der Waals surface area (Å²) < 4.78 is 5.56. The Morgan fingerprint density at radius 3 is 2.48 bits per heavy atom. The largest absolute Gasteiger partial charge is 0.381 e. The van der Waals surface area contributed by atoms with Gasteiger partial charge in [-0.2, -0.15) is 0 Å². The fourth-order valence-corrected chi connectivity index (χ4v) is 6.38. The van der Waals surface area contributed by atoms with Gasteiger partial charge in [-0.05, 0) is 61.1 Å². The van der Waals surface area contributed by atoms with Crippen molar-refractivity contribution in [3.05, 3.63) is 34.9 Å². The van der Waals surface area contributed by atoms with Crippen LogP contribution in [-0.4, -0.2) is 54.6 Å². The summed E-state index contributed by atoms with van der Waals surface area (Å²) in [6.07, 6.45) is 3.75. The van der Waals surface area contributed by atoms with Crippen LogP contribution in [0, 0.1) is 11.3 Å². The molecule has 2 N–H and O–H groups in total. The second-order valence-electron chi connectivity index (χ2n) is 10.9. The predicted octanol–water partition coefficient (Wildman–Crippen LogP) is 3.64. The summed E-state index contributed by atoms with van der Waals surface area (Å²) in [6, 6.07) is 7.23. The molecule has 8 heteroatoms. The Bertz CT molecular complexity index is 926. The Morgan fingerprint density at radius 2 is 1.85 bits per heavy atom. The number of carbonyl (C=O) groups excluding carboxylic acids is 3. The summed E-state index contributed by atoms with van der Waals surface area (Å²) in [6.45, 7) is 7.74. The minimum atomic E-state index is -0.899. The molecule has 2 heterocycles. The Morgan fingerprint density at radius 1 is 1.18 bits per heavy atom. The summed E-state index contributed by atoms with van der Waals surface area (Å²) in [5.74, 6) is -0.293. The minimum absolute atomic E-state index is 0.0487. The molecule has 0 radical (unpaired) electrons. The first-order valence-corrected chi connectivity index (χ1v) is 12.2. The number of amides is 4. The fourth-order valence-electron chi connectivity index (χ4n) is 6.25. The summed E-state index contributed by atoms with van der Waals surface area (Å²) in [5, 5.41) is 6.59. The van der Waals surface area contributed by atoms with E-state index >= 15 is 0 Å². The number of hydrogen-bond donors (Lipinski definition) is 2. The maximum atomic E-state index is 13.3. The number of nitrogens with zero attached hydrogens (tertiary/aromatic N) is 1. The van der Waals surface area contributed by atoms with Crippen molar-refractivity contribution in [3.8, 4) is 0 Å². The van der Waals surface area contributed by atoms with Crippen LogP contribution in [0.5, 0.6) is 0 Å². The molecule has 180 valence electrons. The molecule has 1 aliphatic carbocycles. The highest BCUT2D eigenvalue weighted by Gasteiger charge is 2.56. The fraction of sp³-hybridized carbons (Fsp3) is 0.640. The molecular weight excluding hydrogens is 442 g/mol. The van der Waals surface area contributed by atoms with Gasteiger partial charge >= 0.3 is 6.03 Å². The van der Waals surface area contributed by atoms with Gasteiger partial charge in [0.25, 0.3) is 5.91 Å². The summed E-state index contributed by atoms with van der Waals surface area (Å²) in [5.41, 5.74) is -0.112. The minimum Gasteiger partial charge on any atom is -0.381 e. The maximum Gasteiger partial charge on any atom is 0.325 e. The third-order valence-electron chi connectivity index (χ3n) is 7.46. The smallest absolute Gasteiger partial charge is 0.325 e. The van der Waals surface area contributed by atoms with Gasteiger partial charge in [0.2, 0.25) is 5.91 Å². The molecule has 2 atom stereocenters. The highest BCUT2D eigenvalue weighted by Crippen LogP contribution is 2.46. The van der Waals surface area contributed by atoms with Crippen LogP contribution in [0.4, 0.5) is 4.79 Å². The van der Waals surface area contributed by atoms with E-state index in [1.54, 1.807) is 0 Å². The number of halogens is 1. The Hall–Kier alpha value is -2.12. The van der Waals surface area contributed by atoms with Gasteiger partial charge in [0, 0.05) is 30.2 Å². The van der Waals surface area contributed by atoms with Crippen molar-refractivity contribution in [1.29, 1.82) is 0 Å². The molecule has 33 heavy (non-hydrogen) atoms. The number of nitrogens with one attached hydrogen (secondary N) is 2. The third-order valence-corrected chi connectivity index (χ3v) is 7.71. The van der Waals surface area contributed by atoms with E-state index in [0.29, 0.717) is 43.5 Å². The number of rotatable bonds is 5. The zero-order valence-corrected chi connectivity index (χ0v) is 20.5. The standard InChI is InChI=1S/C25H34ClN3O4/c1-17-12-23(2,3)15-25(13-17)21(31)29(22(32)28-25)14-20(30)27-16-24(8-10-33-11-9-24)18-4-6-19(26)7-5-18/h4-7,17H,8-16H2,1-3H3,(H,27,30)(H,28,32). The molecule has 2 saturated heterocycles. The zero-order chi connectivity index (χ0) is 23.9. The lowest BCUT2D eigenvalue weighted by Gasteiger charge is -2.43. The molecule has 1 saturated carbocycles. The first kappa shape index (κ1) is 24.0. The zero-order valence-electron chi connectivity index (χ0n) is 19.7. The van der Waals surface area contributed by atoms with Crippen LogP contribution >= 0.6 is 11.6 Å². The van der Waals surface area contributed by atoms with Gasteiger partial charge in [-0.1, -0.05) is 44.5 Å². The van der Waals surface area contributed by atoms with Gasteiger partial charge in [-0.25, -0.2) is 4.79 Å². The van der Waals surface area contributed by atoms with Gasteiger partial charge in [-0.3, -0.25) is 14.5 Å². The quantitative estimate of drug-likeness (QED) is 0.636. The molecule has 4 rings (SSSR count). The molecular formula is C25H34ClN3O4. The second-order valence-corrected chi connectivity index (χ2v) is 11.4. The number of benzene rings is 1. The summed E-state index contributed by atoms with van der Waals surface area (Å²) in [7, 11) is 0. The molecule has 7 nitrogen and oxygen atoms in total. The van der Waals surface area contributed by atoms with E-state index in [0.717, 1.165) is 29.7 Å². The molecule has 1 aromatic carbocycles. The van der Waals surface area contributed by atoms with Crippen LogP contribution in [0.25, 0.3) is 0 Å². The number of carbonyl (C=O) groups is 3. The first-order chi connectivity index (χ1) is 15.5. The Labute approximate surface area is 200 Å². The lowest BCUT2D eigenvalue weighted by Crippen LogP contribution is -2.54. The van der Waals surface area contributed by atoms with Crippen LogP contribution < -0.4 is 10.6 Å². The van der Waals surface area contributed by atoms with E-state index in [1.165, 1.54) is 0 Å². The molecule has 0 aromatic heterocycles. The monoisotopic (exact) mass is 475 g/mol. The third kappa shape index (κ3) is 4.90. The van der Waals surface area contributed by atoms with E-state index in [-0.39, 0.29) is 29.2 Å². The number of urea groups is 1. The van der Waals surface area contributed by atoms with Crippen molar-refractivity contribution in [2.45, 2.75) is 63.8 Å². The highest BCUT2D eigenvalue weighted by atomic mass is 35.5. The molecule has 4 amide bonds. The van der Waals surface area contributed by atoms with Crippen molar-refractivity contribution in [3.63, 3.8) is 0 Å². The molecule has 1 aromatic rings. The topological polar surface area (TPSA) is 87.7 Å². The molecule has 2 unspecified atom stereocenters. The number of hydrogen-bond acceptors (Lipinski definition) is 4. The average molecular weight is 476 g/mol. The van der Waals surface area contributed by atoms with Crippen molar-refractivity contribution >= 4 is 29.4 Å². The lowest BCUT2D eigenvalue weighted by molar-refractivity contribution is -0.137. The van der Waals surface area contributed by atoms with Crippen molar-refractivity contribution in [2.75, 3.05) is 26.3 Å². The van der Waals surface area contributed by atoms with E-state index in [4.69, 9.17) is 16.3 Å². The van der Waals surface area contributed by atoms with Crippen LogP contribution in [0.15, 0.2) is 24.3 Å². The van der Waals surface area contributed by atoms with E-state index < -0.39 is 11.6 Å². The maximum absolute atomic E-state index is 13.3. The summed E-state index contributed by atoms with van der Waals surface area (Å²) in [4.78, 5) is 40.0. The van der Waals surface area contributed by atoms with Crippen LogP contribution in [0.1, 0.15) is 58.4 Å². The molecule has 0 bridgehead atoms. The number of ether oxygens (including phenoxy) is 1. The predicted molar refractivity (Wildman–Crippen MR) is 126 cm³/mol. The highest BCUT2D eigenvalue weighted by molar-refractivity contribution is 6.30. The van der Waals surface area contributed by atoms with Crippen molar-refractivity contribution < 1.29 is 19.1 Å². The van der Waals surface area contributed by atoms with Crippen LogP contribution in [-0.2, 0) is 19.7 Å². The average Bonchev–Trinajstić information content (AvgIpc) is 2.95. The van der Waals surface area contributed by atoms with Gasteiger partial charge in [0.05, 0.1) is 0 Å². The number of imide groups is 1. The summed E-state index contributed by atoms with van der Waals surface area (Å²) >= 11 is 6.06. The molecule has 1 spiro atoms. The molecule has 3 aliphatic rings. The van der Waals surface area contributed by atoms with Crippen molar-refractivity contribution in [1.82, 2.24) is 15.5 Å². The van der Waals surface area contributed by atoms with Gasteiger partial charge in [0.15, 0.2) is 0 Å². The van der Waals surface area contributed by atoms with Gasteiger partial charge < -0.3 is 15.4 Å². The normalized spacial score (nSPS) is 28.6.